The van der Waals surface area contributed by atoms with E-state index in [1.807, 2.05) is 30.3 Å². The third-order valence-corrected chi connectivity index (χ3v) is 9.46. The molecule has 3 heterocycles. The van der Waals surface area contributed by atoms with Gasteiger partial charge in [0.05, 0.1) is 34.9 Å². The van der Waals surface area contributed by atoms with E-state index < -0.39 is 28.1 Å². The van der Waals surface area contributed by atoms with Crippen LogP contribution in [0, 0.1) is 0 Å². The summed E-state index contributed by atoms with van der Waals surface area (Å²) in [5.41, 5.74) is 7.93. The Hall–Kier alpha value is -3.19. The second-order valence-electron chi connectivity index (χ2n) is 9.03. The number of amides is 1. The number of alkyl halides is 1. The van der Waals surface area contributed by atoms with Crippen LogP contribution in [0.4, 0.5) is 10.2 Å². The number of methoxy groups -OCH3 is 1. The number of nitrogens with zero attached hydrogens (tertiary/aromatic N) is 3. The predicted octanol–water partition coefficient (Wildman–Crippen LogP) is 4.01. The van der Waals surface area contributed by atoms with Crippen molar-refractivity contribution < 1.29 is 22.3 Å². The number of anilines is 1. The summed E-state index contributed by atoms with van der Waals surface area (Å²) >= 11 is 6.89. The Balaban J connectivity index is 1.45. The number of thiophene rings is 1. The van der Waals surface area contributed by atoms with Gasteiger partial charge in [-0.25, -0.2) is 12.8 Å². The molecule has 4 aromatic rings. The van der Waals surface area contributed by atoms with Gasteiger partial charge < -0.3 is 10.5 Å². The van der Waals surface area contributed by atoms with E-state index in [4.69, 9.17) is 22.1 Å². The molecule has 0 saturated carbocycles. The fraction of sp³-hybridized carbons (Fsp3) is 0.280. The molecule has 0 unspecified atom stereocenters. The van der Waals surface area contributed by atoms with Gasteiger partial charge in [-0.05, 0) is 35.4 Å². The van der Waals surface area contributed by atoms with Crippen molar-refractivity contribution in [2.45, 2.75) is 35.9 Å². The molecule has 9 nitrogen and oxygen atoms in total. The van der Waals surface area contributed by atoms with Crippen LogP contribution < -0.4 is 15.2 Å². The molecule has 5 rings (SSSR count). The largest absolute Gasteiger partial charge is 0.496 e. The Bertz CT molecular complexity index is 1610. The van der Waals surface area contributed by atoms with Gasteiger partial charge in [-0.3, -0.25) is 19.1 Å². The van der Waals surface area contributed by atoms with Crippen molar-refractivity contribution in [1.82, 2.24) is 14.7 Å². The quantitative estimate of drug-likeness (QED) is 0.310. The number of sulfonamides is 1. The molecule has 13 heteroatoms. The molecular weight excluding hydrogens is 553 g/mol. The van der Waals surface area contributed by atoms with Crippen LogP contribution in [0.25, 0.3) is 10.9 Å². The van der Waals surface area contributed by atoms with Gasteiger partial charge in [0.2, 0.25) is 5.91 Å². The van der Waals surface area contributed by atoms with Crippen molar-refractivity contribution in [2.24, 2.45) is 5.73 Å². The summed E-state index contributed by atoms with van der Waals surface area (Å²) in [5, 5.41) is 5.11. The molecule has 1 fully saturated rings. The van der Waals surface area contributed by atoms with Gasteiger partial charge >= 0.3 is 0 Å². The van der Waals surface area contributed by atoms with E-state index in [0.717, 1.165) is 22.5 Å². The third kappa shape index (κ3) is 5.35. The lowest BCUT2D eigenvalue weighted by Crippen LogP contribution is -2.39. The fourth-order valence-corrected chi connectivity index (χ4v) is 7.22. The van der Waals surface area contributed by atoms with Gasteiger partial charge in [-0.15, -0.1) is 11.3 Å². The molecule has 38 heavy (non-hydrogen) atoms. The van der Waals surface area contributed by atoms with Gasteiger partial charge in [0.25, 0.3) is 10.0 Å². The lowest BCUT2D eigenvalue weighted by molar-refractivity contribution is -0.122. The summed E-state index contributed by atoms with van der Waals surface area (Å²) in [6, 6.07) is 15.3. The molecule has 2 atom stereocenters. The first kappa shape index (κ1) is 26.4. The minimum atomic E-state index is -3.93. The summed E-state index contributed by atoms with van der Waals surface area (Å²) in [6.07, 6.45) is -0.986. The number of hydrogen-bond acceptors (Lipinski definition) is 7. The molecule has 1 amide bonds. The molecule has 0 spiro atoms. The number of carbonyl (C=O) groups excluding carboxylic acids is 1. The maximum atomic E-state index is 14.0. The molecule has 200 valence electrons. The van der Waals surface area contributed by atoms with E-state index in [1.54, 1.807) is 21.7 Å². The molecule has 0 radical (unpaired) electrons. The van der Waals surface area contributed by atoms with Gasteiger partial charge in [0.15, 0.2) is 5.82 Å². The first-order chi connectivity index (χ1) is 18.1. The highest BCUT2D eigenvalue weighted by Gasteiger charge is 2.35. The topological polar surface area (TPSA) is 120 Å². The van der Waals surface area contributed by atoms with E-state index in [9.17, 15) is 17.6 Å². The van der Waals surface area contributed by atoms with E-state index in [2.05, 4.69) is 9.82 Å². The molecular formula is C25H25ClFN5O4S2. The van der Waals surface area contributed by atoms with Crippen molar-refractivity contribution in [2.75, 3.05) is 18.4 Å². The van der Waals surface area contributed by atoms with Crippen LogP contribution in [0.1, 0.15) is 17.5 Å². The standard InChI is InChI=1S/C25H25ClFN5O4S2/c1-36-20-7-3-6-18-23(20)25(30-38(34,35)22-9-8-21(26)37-22)29-32(18)13-16-5-2-4-15(10-16)12-31-14-17(27)11-19(31)24(28)33/h2-10,17,19H,11-14H2,1H3,(H2,28,33)(H,29,30)/t17-,19+/m1/s1. The Morgan fingerprint density at radius 2 is 1.95 bits per heavy atom. The molecule has 2 aromatic carbocycles. The summed E-state index contributed by atoms with van der Waals surface area (Å²) in [5.74, 6) is 0.0725. The van der Waals surface area contributed by atoms with E-state index in [1.165, 1.54) is 19.2 Å². The maximum Gasteiger partial charge on any atom is 0.272 e. The first-order valence-corrected chi connectivity index (χ1v) is 14.4. The van der Waals surface area contributed by atoms with Crippen molar-refractivity contribution in [3.63, 3.8) is 0 Å². The van der Waals surface area contributed by atoms with Crippen LogP contribution in [0.5, 0.6) is 5.75 Å². The van der Waals surface area contributed by atoms with Gasteiger partial charge in [0.1, 0.15) is 16.1 Å². The van der Waals surface area contributed by atoms with Crippen LogP contribution >= 0.6 is 22.9 Å². The Morgan fingerprint density at radius 3 is 2.63 bits per heavy atom. The van der Waals surface area contributed by atoms with Gasteiger partial charge in [0, 0.05) is 19.5 Å². The third-order valence-electron chi connectivity index (χ3n) is 6.39. The zero-order valence-corrected chi connectivity index (χ0v) is 22.7. The van der Waals surface area contributed by atoms with Crippen LogP contribution in [-0.2, 0) is 27.9 Å². The van der Waals surface area contributed by atoms with Crippen LogP contribution in [0.15, 0.2) is 58.8 Å². The van der Waals surface area contributed by atoms with Gasteiger partial charge in [-0.2, -0.15) is 5.10 Å². The SMILES string of the molecule is COc1cccc2c1c(NS(=O)(=O)c1ccc(Cl)s1)nn2Cc1cccc(CN2C[C@H](F)C[C@H]2C(N)=O)c1. The number of hydrogen-bond donors (Lipinski definition) is 2. The molecule has 2 aromatic heterocycles. The summed E-state index contributed by atoms with van der Waals surface area (Å²) in [6.45, 7) is 0.861. The molecule has 1 aliphatic heterocycles. The van der Waals surface area contributed by atoms with Crippen LogP contribution in [0.3, 0.4) is 0 Å². The number of benzene rings is 2. The van der Waals surface area contributed by atoms with Crippen molar-refractivity contribution in [3.8, 4) is 5.75 Å². The number of primary amides is 1. The summed E-state index contributed by atoms with van der Waals surface area (Å²) in [4.78, 5) is 13.5. The number of ether oxygens (including phenoxy) is 1. The number of nitrogens with one attached hydrogen (secondary N) is 1. The van der Waals surface area contributed by atoms with E-state index in [-0.39, 0.29) is 23.0 Å². The minimum Gasteiger partial charge on any atom is -0.496 e. The lowest BCUT2D eigenvalue weighted by atomic mass is 10.1. The Labute approximate surface area is 228 Å². The number of aromatic nitrogens is 2. The van der Waals surface area contributed by atoms with E-state index in [0.29, 0.717) is 34.1 Å². The molecule has 1 saturated heterocycles. The lowest BCUT2D eigenvalue weighted by Gasteiger charge is -2.21. The van der Waals surface area contributed by atoms with Crippen LogP contribution in [-0.4, -0.2) is 54.9 Å². The monoisotopic (exact) mass is 577 g/mol. The Morgan fingerprint density at radius 1 is 1.21 bits per heavy atom. The number of carbonyl (C=O) groups is 1. The average molecular weight is 578 g/mol. The zero-order valence-electron chi connectivity index (χ0n) is 20.3. The molecule has 3 N–H and O–H groups in total. The Kier molecular flexibility index (Phi) is 7.32. The van der Waals surface area contributed by atoms with Crippen molar-refractivity contribution in [1.29, 1.82) is 0 Å². The first-order valence-electron chi connectivity index (χ1n) is 11.7. The second-order valence-corrected chi connectivity index (χ2v) is 12.6. The minimum absolute atomic E-state index is 0.0690. The predicted molar refractivity (Wildman–Crippen MR) is 145 cm³/mol. The smallest absolute Gasteiger partial charge is 0.272 e. The van der Waals surface area contributed by atoms with Crippen molar-refractivity contribution >= 4 is 55.6 Å². The highest BCUT2D eigenvalue weighted by atomic mass is 35.5. The molecule has 1 aliphatic rings. The number of fused-ring (bicyclic) bond motifs is 1. The number of halogens is 2. The summed E-state index contributed by atoms with van der Waals surface area (Å²) < 4.78 is 50.2. The van der Waals surface area contributed by atoms with Gasteiger partial charge in [-0.1, -0.05) is 41.9 Å². The average Bonchev–Trinajstić information content (AvgIpc) is 3.57. The normalized spacial score (nSPS) is 18.2. The molecule has 0 bridgehead atoms. The number of rotatable bonds is 9. The number of likely N-dealkylation sites (tertiary alicyclic amines) is 1. The number of nitrogens with two attached hydrogens (primary N) is 1. The highest BCUT2D eigenvalue weighted by molar-refractivity contribution is 7.94. The highest BCUT2D eigenvalue weighted by Crippen LogP contribution is 2.35. The second kappa shape index (κ2) is 10.5. The molecule has 0 aliphatic carbocycles. The fourth-order valence-electron chi connectivity index (χ4n) is 4.73. The zero-order chi connectivity index (χ0) is 27.0. The van der Waals surface area contributed by atoms with Crippen LogP contribution in [0.2, 0.25) is 4.34 Å². The summed E-state index contributed by atoms with van der Waals surface area (Å²) in [7, 11) is -2.42. The van der Waals surface area contributed by atoms with E-state index >= 15 is 0 Å². The maximum absolute atomic E-state index is 14.0. The van der Waals surface area contributed by atoms with Crippen molar-refractivity contribution in [3.05, 3.63) is 70.1 Å².